The number of carbonyl (C=O) groups excluding carboxylic acids is 2. The maximum Gasteiger partial charge on any atom is 0.253 e. The number of amides is 2. The topological polar surface area (TPSA) is 49.4 Å². The van der Waals surface area contributed by atoms with Gasteiger partial charge in [-0.15, -0.1) is 0 Å². The number of nitrogens with one attached hydrogen (secondary N) is 1. The minimum atomic E-state index is -0.269. The Balaban J connectivity index is 2.07. The Morgan fingerprint density at radius 1 is 1.12 bits per heavy atom. The van der Waals surface area contributed by atoms with Crippen molar-refractivity contribution in [2.45, 2.75) is 20.8 Å². The second kappa shape index (κ2) is 9.20. The smallest absolute Gasteiger partial charge is 0.253 e. The lowest BCUT2D eigenvalue weighted by molar-refractivity contribution is -0.111. The molecular weight excluding hydrogens is 348 g/mol. The molecule has 0 heterocycles. The molecule has 0 saturated heterocycles. The summed E-state index contributed by atoms with van der Waals surface area (Å²) in [5.41, 5.74) is 2.98. The minimum absolute atomic E-state index is 0.0454. The summed E-state index contributed by atoms with van der Waals surface area (Å²) in [5, 5.41) is 3.44. The summed E-state index contributed by atoms with van der Waals surface area (Å²) in [6, 6.07) is 12.6. The Morgan fingerprint density at radius 3 is 2.50 bits per heavy atom. The summed E-state index contributed by atoms with van der Waals surface area (Å²) in [6.07, 6.45) is 3.14. The van der Waals surface area contributed by atoms with Crippen LogP contribution in [0.4, 0.5) is 5.69 Å². The van der Waals surface area contributed by atoms with E-state index in [1.165, 1.54) is 6.08 Å². The average Bonchev–Trinajstić information content (AvgIpc) is 2.64. The number of halogens is 1. The number of carbonyl (C=O) groups is 2. The zero-order chi connectivity index (χ0) is 19.1. The van der Waals surface area contributed by atoms with Gasteiger partial charge in [0.1, 0.15) is 0 Å². The second-order valence-corrected chi connectivity index (χ2v) is 6.30. The normalized spacial score (nSPS) is 10.8. The van der Waals surface area contributed by atoms with Crippen molar-refractivity contribution in [2.75, 3.05) is 18.4 Å². The van der Waals surface area contributed by atoms with Gasteiger partial charge in [0.15, 0.2) is 0 Å². The molecule has 26 heavy (non-hydrogen) atoms. The van der Waals surface area contributed by atoms with Crippen molar-refractivity contribution < 1.29 is 9.59 Å². The molecule has 2 aromatic carbocycles. The molecule has 1 N–H and O–H groups in total. The van der Waals surface area contributed by atoms with Crippen LogP contribution in [0.1, 0.15) is 35.3 Å². The minimum Gasteiger partial charge on any atom is -0.339 e. The SMILES string of the molecule is CCN(CC)C(=O)c1cccc(NC(=O)/C=C/c2ccc(C)c(Cl)c2)c1. The zero-order valence-electron chi connectivity index (χ0n) is 15.3. The summed E-state index contributed by atoms with van der Waals surface area (Å²) < 4.78 is 0. The number of nitrogens with zero attached hydrogens (tertiary/aromatic N) is 1. The van der Waals surface area contributed by atoms with Crippen LogP contribution in [0.15, 0.2) is 48.5 Å². The first-order valence-corrected chi connectivity index (χ1v) is 8.97. The molecular formula is C21H23ClN2O2. The van der Waals surface area contributed by atoms with Gasteiger partial charge in [-0.2, -0.15) is 0 Å². The van der Waals surface area contributed by atoms with Gasteiger partial charge in [0, 0.05) is 35.4 Å². The van der Waals surface area contributed by atoms with Gasteiger partial charge in [-0.1, -0.05) is 29.8 Å². The molecule has 4 nitrogen and oxygen atoms in total. The molecule has 5 heteroatoms. The predicted octanol–water partition coefficient (Wildman–Crippen LogP) is 4.78. The molecule has 0 unspecified atom stereocenters. The van der Waals surface area contributed by atoms with E-state index in [-0.39, 0.29) is 11.8 Å². The van der Waals surface area contributed by atoms with E-state index in [0.717, 1.165) is 11.1 Å². The maximum atomic E-state index is 12.4. The molecule has 0 aliphatic carbocycles. The van der Waals surface area contributed by atoms with Gasteiger partial charge in [-0.25, -0.2) is 0 Å². The number of benzene rings is 2. The summed E-state index contributed by atoms with van der Waals surface area (Å²) >= 11 is 6.09. The van der Waals surface area contributed by atoms with Gasteiger partial charge in [-0.05, 0) is 62.2 Å². The van der Waals surface area contributed by atoms with E-state index in [4.69, 9.17) is 11.6 Å². The van der Waals surface area contributed by atoms with Gasteiger partial charge < -0.3 is 10.2 Å². The van der Waals surface area contributed by atoms with Gasteiger partial charge in [0.2, 0.25) is 5.91 Å². The van der Waals surface area contributed by atoms with Crippen LogP contribution in [0.3, 0.4) is 0 Å². The Morgan fingerprint density at radius 2 is 1.85 bits per heavy atom. The van der Waals surface area contributed by atoms with Gasteiger partial charge in [-0.3, -0.25) is 9.59 Å². The zero-order valence-corrected chi connectivity index (χ0v) is 16.0. The van der Waals surface area contributed by atoms with Crippen molar-refractivity contribution in [1.29, 1.82) is 0 Å². The highest BCUT2D eigenvalue weighted by molar-refractivity contribution is 6.31. The number of anilines is 1. The van der Waals surface area contributed by atoms with Crippen LogP contribution in [-0.2, 0) is 4.79 Å². The Labute approximate surface area is 159 Å². The van der Waals surface area contributed by atoms with Crippen LogP contribution in [0.25, 0.3) is 6.08 Å². The summed E-state index contributed by atoms with van der Waals surface area (Å²) in [4.78, 5) is 26.3. The van der Waals surface area contributed by atoms with Gasteiger partial charge in [0.25, 0.3) is 5.91 Å². The predicted molar refractivity (Wildman–Crippen MR) is 108 cm³/mol. The molecule has 0 aliphatic heterocycles. The fourth-order valence-corrected chi connectivity index (χ4v) is 2.68. The third-order valence-corrected chi connectivity index (χ3v) is 4.46. The lowest BCUT2D eigenvalue weighted by atomic mass is 10.1. The number of hydrogen-bond donors (Lipinski definition) is 1. The molecule has 0 atom stereocenters. The van der Waals surface area contributed by atoms with E-state index in [9.17, 15) is 9.59 Å². The molecule has 0 spiro atoms. The highest BCUT2D eigenvalue weighted by Gasteiger charge is 2.12. The number of rotatable bonds is 6. The Bertz CT molecular complexity index is 827. The van der Waals surface area contributed by atoms with Gasteiger partial charge in [0.05, 0.1) is 0 Å². The van der Waals surface area contributed by atoms with Crippen LogP contribution >= 0.6 is 11.6 Å². The fraction of sp³-hybridized carbons (Fsp3) is 0.238. The molecule has 0 fully saturated rings. The lowest BCUT2D eigenvalue weighted by Crippen LogP contribution is -2.30. The molecule has 0 aromatic heterocycles. The molecule has 136 valence electrons. The van der Waals surface area contributed by atoms with Crippen molar-refractivity contribution in [3.05, 3.63) is 70.3 Å². The van der Waals surface area contributed by atoms with Crippen molar-refractivity contribution in [1.82, 2.24) is 4.90 Å². The number of aryl methyl sites for hydroxylation is 1. The highest BCUT2D eigenvalue weighted by atomic mass is 35.5. The van der Waals surface area contributed by atoms with E-state index >= 15 is 0 Å². The lowest BCUT2D eigenvalue weighted by Gasteiger charge is -2.18. The summed E-state index contributed by atoms with van der Waals surface area (Å²) in [5.74, 6) is -0.315. The summed E-state index contributed by atoms with van der Waals surface area (Å²) in [7, 11) is 0. The van der Waals surface area contributed by atoms with Crippen LogP contribution in [0.5, 0.6) is 0 Å². The molecule has 0 aliphatic rings. The van der Waals surface area contributed by atoms with Crippen molar-refractivity contribution in [2.24, 2.45) is 0 Å². The molecule has 0 radical (unpaired) electrons. The standard InChI is InChI=1S/C21H23ClN2O2/c1-4-24(5-2)21(26)17-7-6-8-18(14-17)23-20(25)12-11-16-10-9-15(3)19(22)13-16/h6-14H,4-5H2,1-3H3,(H,23,25)/b12-11+. The third-order valence-electron chi connectivity index (χ3n) is 4.05. The first-order chi connectivity index (χ1) is 12.4. The third kappa shape index (κ3) is 5.20. The molecule has 2 amide bonds. The van der Waals surface area contributed by atoms with E-state index < -0.39 is 0 Å². The first kappa shape index (κ1) is 19.7. The fourth-order valence-electron chi connectivity index (χ4n) is 2.49. The number of hydrogen-bond acceptors (Lipinski definition) is 2. The quantitative estimate of drug-likeness (QED) is 0.744. The Hall–Kier alpha value is -2.59. The van der Waals surface area contributed by atoms with Crippen molar-refractivity contribution in [3.8, 4) is 0 Å². The Kier molecular flexibility index (Phi) is 6.98. The van der Waals surface area contributed by atoms with E-state index in [1.807, 2.05) is 39.0 Å². The average molecular weight is 371 g/mol. The van der Waals surface area contributed by atoms with Crippen LogP contribution in [0, 0.1) is 6.92 Å². The van der Waals surface area contributed by atoms with Crippen LogP contribution < -0.4 is 5.32 Å². The second-order valence-electron chi connectivity index (χ2n) is 5.89. The first-order valence-electron chi connectivity index (χ1n) is 8.59. The van der Waals surface area contributed by atoms with E-state index in [2.05, 4.69) is 5.32 Å². The van der Waals surface area contributed by atoms with Crippen LogP contribution in [0.2, 0.25) is 5.02 Å². The molecule has 0 bridgehead atoms. The van der Waals surface area contributed by atoms with Crippen molar-refractivity contribution in [3.63, 3.8) is 0 Å². The monoisotopic (exact) mass is 370 g/mol. The maximum absolute atomic E-state index is 12.4. The van der Waals surface area contributed by atoms with E-state index in [0.29, 0.717) is 29.4 Å². The largest absolute Gasteiger partial charge is 0.339 e. The van der Waals surface area contributed by atoms with E-state index in [1.54, 1.807) is 35.2 Å². The van der Waals surface area contributed by atoms with Crippen molar-refractivity contribution >= 4 is 35.2 Å². The molecule has 2 rings (SSSR count). The van der Waals surface area contributed by atoms with Gasteiger partial charge >= 0.3 is 0 Å². The highest BCUT2D eigenvalue weighted by Crippen LogP contribution is 2.18. The molecule has 0 saturated carbocycles. The molecule has 2 aromatic rings. The van der Waals surface area contributed by atoms with Crippen LogP contribution in [-0.4, -0.2) is 29.8 Å². The summed E-state index contributed by atoms with van der Waals surface area (Å²) in [6.45, 7) is 7.10.